The molecule has 2 aromatic carbocycles. The van der Waals surface area contributed by atoms with Crippen molar-refractivity contribution in [2.75, 3.05) is 18.4 Å². The third-order valence-corrected chi connectivity index (χ3v) is 4.56. The molecule has 1 N–H and O–H groups in total. The van der Waals surface area contributed by atoms with Gasteiger partial charge >= 0.3 is 5.97 Å². The molecule has 2 aromatic rings. The van der Waals surface area contributed by atoms with E-state index in [-0.39, 0.29) is 28.0 Å². The van der Waals surface area contributed by atoms with Gasteiger partial charge in [-0.2, -0.15) is 0 Å². The quantitative estimate of drug-likeness (QED) is 0.787. The average Bonchev–Trinajstić information content (AvgIpc) is 2.55. The number of hydrogen-bond acceptors (Lipinski definition) is 5. The van der Waals surface area contributed by atoms with E-state index in [0.29, 0.717) is 0 Å². The summed E-state index contributed by atoms with van der Waals surface area (Å²) in [6.45, 7) is -0.351. The third-order valence-electron chi connectivity index (χ3n) is 2.88. The topological polar surface area (TPSA) is 81.7 Å². The summed E-state index contributed by atoms with van der Waals surface area (Å²) in [6, 6.07) is 8.63. The summed E-state index contributed by atoms with van der Waals surface area (Å²) in [4.78, 5) is 10.9. The van der Waals surface area contributed by atoms with Crippen LogP contribution in [-0.4, -0.2) is 28.1 Å². The van der Waals surface area contributed by atoms with Crippen molar-refractivity contribution < 1.29 is 27.1 Å². The van der Waals surface area contributed by atoms with Gasteiger partial charge in [0.05, 0.1) is 17.0 Å². The van der Waals surface area contributed by atoms with Gasteiger partial charge in [0.1, 0.15) is 11.6 Å². The van der Waals surface area contributed by atoms with Crippen LogP contribution in [0.5, 0.6) is 5.75 Å². The molecule has 2 rings (SSSR count). The number of ether oxygens (including phenoxy) is 2. The number of nitrogens with one attached hydrogen (secondary N) is 1. The molecule has 0 amide bonds. The molecule has 0 atom stereocenters. The van der Waals surface area contributed by atoms with Crippen molar-refractivity contribution in [2.45, 2.75) is 4.90 Å². The van der Waals surface area contributed by atoms with Gasteiger partial charge in [0.25, 0.3) is 10.0 Å². The molecule has 6 nitrogen and oxygen atoms in total. The van der Waals surface area contributed by atoms with Crippen LogP contribution in [0.4, 0.5) is 10.1 Å². The van der Waals surface area contributed by atoms with Crippen molar-refractivity contribution in [3.05, 3.63) is 53.3 Å². The second-order valence-electron chi connectivity index (χ2n) is 4.57. The number of sulfonamides is 1. The zero-order valence-electron chi connectivity index (χ0n) is 12.5. The highest BCUT2D eigenvalue weighted by atomic mass is 35.5. The second kappa shape index (κ2) is 7.50. The van der Waals surface area contributed by atoms with Gasteiger partial charge in [0.15, 0.2) is 6.61 Å². The van der Waals surface area contributed by atoms with Crippen LogP contribution in [0.3, 0.4) is 0 Å². The van der Waals surface area contributed by atoms with Crippen molar-refractivity contribution in [2.24, 2.45) is 0 Å². The first kappa shape index (κ1) is 18.0. The highest BCUT2D eigenvalue weighted by molar-refractivity contribution is 7.92. The first-order valence-corrected chi connectivity index (χ1v) is 8.45. The maximum Gasteiger partial charge on any atom is 0.343 e. The van der Waals surface area contributed by atoms with Crippen LogP contribution in [0.25, 0.3) is 0 Å². The number of carbonyl (C=O) groups is 1. The van der Waals surface area contributed by atoms with Crippen molar-refractivity contribution in [1.82, 2.24) is 0 Å². The van der Waals surface area contributed by atoms with Gasteiger partial charge in [-0.15, -0.1) is 0 Å². The molecule has 24 heavy (non-hydrogen) atoms. The fraction of sp³-hybridized carbons (Fsp3) is 0.133. The Kier molecular flexibility index (Phi) is 5.63. The molecule has 9 heteroatoms. The van der Waals surface area contributed by atoms with Crippen LogP contribution in [0.1, 0.15) is 0 Å². The maximum atomic E-state index is 12.9. The maximum absolute atomic E-state index is 12.9. The number of halogens is 2. The van der Waals surface area contributed by atoms with Crippen LogP contribution in [0, 0.1) is 5.82 Å². The Morgan fingerprint density at radius 2 is 1.88 bits per heavy atom. The highest BCUT2D eigenvalue weighted by Crippen LogP contribution is 2.28. The van der Waals surface area contributed by atoms with Gasteiger partial charge in [0.2, 0.25) is 0 Å². The van der Waals surface area contributed by atoms with Gasteiger partial charge in [0, 0.05) is 5.69 Å². The molecule has 128 valence electrons. The Morgan fingerprint density at radius 3 is 2.46 bits per heavy atom. The predicted octanol–water partition coefficient (Wildman–Crippen LogP) is 2.83. The van der Waals surface area contributed by atoms with E-state index in [1.54, 1.807) is 0 Å². The molecule has 0 aliphatic rings. The predicted molar refractivity (Wildman–Crippen MR) is 86.2 cm³/mol. The second-order valence-corrected chi connectivity index (χ2v) is 6.66. The first-order valence-electron chi connectivity index (χ1n) is 6.59. The summed E-state index contributed by atoms with van der Waals surface area (Å²) < 4.78 is 49.3. The monoisotopic (exact) mass is 373 g/mol. The van der Waals surface area contributed by atoms with E-state index >= 15 is 0 Å². The number of anilines is 1. The molecule has 0 spiro atoms. The van der Waals surface area contributed by atoms with E-state index in [2.05, 4.69) is 9.46 Å². The van der Waals surface area contributed by atoms with E-state index in [9.17, 15) is 17.6 Å². The van der Waals surface area contributed by atoms with E-state index in [4.69, 9.17) is 16.3 Å². The SMILES string of the molecule is COC(=O)COc1ccc(S(=O)(=O)Nc2ccc(F)cc2)cc1Cl. The van der Waals surface area contributed by atoms with E-state index in [1.807, 2.05) is 0 Å². The van der Waals surface area contributed by atoms with Gasteiger partial charge in [-0.05, 0) is 42.5 Å². The Balaban J connectivity index is 2.17. The number of esters is 1. The van der Waals surface area contributed by atoms with Crippen LogP contribution in [0.15, 0.2) is 47.4 Å². The van der Waals surface area contributed by atoms with Gasteiger partial charge in [-0.3, -0.25) is 4.72 Å². The van der Waals surface area contributed by atoms with Crippen molar-refractivity contribution >= 4 is 33.3 Å². The zero-order valence-corrected chi connectivity index (χ0v) is 14.0. The number of methoxy groups -OCH3 is 1. The smallest absolute Gasteiger partial charge is 0.343 e. The number of benzene rings is 2. The molecular formula is C15H13ClFNO5S. The fourth-order valence-corrected chi connectivity index (χ4v) is 3.08. The summed E-state index contributed by atoms with van der Waals surface area (Å²) in [5.41, 5.74) is 0.207. The summed E-state index contributed by atoms with van der Waals surface area (Å²) in [5, 5.41) is 0.0147. The molecule has 0 saturated carbocycles. The molecule has 0 heterocycles. The molecule has 0 unspecified atom stereocenters. The van der Waals surface area contributed by atoms with Crippen LogP contribution >= 0.6 is 11.6 Å². The molecule has 0 aliphatic heterocycles. The minimum absolute atomic E-state index is 0.0147. The largest absolute Gasteiger partial charge is 0.480 e. The Bertz CT molecular complexity index is 839. The minimum atomic E-state index is -3.91. The van der Waals surface area contributed by atoms with E-state index in [1.165, 1.54) is 37.4 Å². The number of carbonyl (C=O) groups excluding carboxylic acids is 1. The minimum Gasteiger partial charge on any atom is -0.480 e. The molecule has 0 radical (unpaired) electrons. The molecule has 0 aliphatic carbocycles. The van der Waals surface area contributed by atoms with Gasteiger partial charge in [-0.25, -0.2) is 17.6 Å². The Morgan fingerprint density at radius 1 is 1.21 bits per heavy atom. The summed E-state index contributed by atoms with van der Waals surface area (Å²) in [7, 11) is -2.69. The number of rotatable bonds is 6. The van der Waals surface area contributed by atoms with Crippen molar-refractivity contribution in [1.29, 1.82) is 0 Å². The normalized spacial score (nSPS) is 11.0. The average molecular weight is 374 g/mol. The van der Waals surface area contributed by atoms with E-state index < -0.39 is 21.8 Å². The molecule has 0 fully saturated rings. The highest BCUT2D eigenvalue weighted by Gasteiger charge is 2.17. The van der Waals surface area contributed by atoms with Crippen molar-refractivity contribution in [3.8, 4) is 5.75 Å². The molecule has 0 saturated heterocycles. The molecule has 0 bridgehead atoms. The lowest BCUT2D eigenvalue weighted by molar-refractivity contribution is -0.142. The van der Waals surface area contributed by atoms with Crippen LogP contribution < -0.4 is 9.46 Å². The van der Waals surface area contributed by atoms with Crippen LogP contribution in [-0.2, 0) is 19.6 Å². The van der Waals surface area contributed by atoms with Crippen molar-refractivity contribution in [3.63, 3.8) is 0 Å². The molecular weight excluding hydrogens is 361 g/mol. The standard InChI is InChI=1S/C15H13ClFNO5S/c1-22-15(19)9-23-14-7-6-12(8-13(14)16)24(20,21)18-11-4-2-10(17)3-5-11/h2-8,18H,9H2,1H3. The lowest BCUT2D eigenvalue weighted by Crippen LogP contribution is -2.14. The zero-order chi connectivity index (χ0) is 17.7. The third kappa shape index (κ3) is 4.59. The summed E-state index contributed by atoms with van der Waals surface area (Å²) >= 11 is 5.97. The lowest BCUT2D eigenvalue weighted by atomic mass is 10.3. The Hall–Kier alpha value is -2.32. The summed E-state index contributed by atoms with van der Waals surface area (Å²) in [5.74, 6) is -0.934. The van der Waals surface area contributed by atoms with Crippen LogP contribution in [0.2, 0.25) is 5.02 Å². The molecule has 0 aromatic heterocycles. The fourth-order valence-electron chi connectivity index (χ4n) is 1.69. The van der Waals surface area contributed by atoms with Gasteiger partial charge in [-0.1, -0.05) is 11.6 Å². The summed E-state index contributed by atoms with van der Waals surface area (Å²) in [6.07, 6.45) is 0. The Labute approximate surface area is 143 Å². The number of hydrogen-bond donors (Lipinski definition) is 1. The van der Waals surface area contributed by atoms with Gasteiger partial charge < -0.3 is 9.47 Å². The first-order chi connectivity index (χ1) is 11.3. The van der Waals surface area contributed by atoms with E-state index in [0.717, 1.165) is 12.1 Å². The lowest BCUT2D eigenvalue weighted by Gasteiger charge is -2.11.